The van der Waals surface area contributed by atoms with E-state index in [0.29, 0.717) is 19.0 Å². The lowest BCUT2D eigenvalue weighted by molar-refractivity contribution is 0.412. The Morgan fingerprint density at radius 1 is 1.56 bits per heavy atom. The van der Waals surface area contributed by atoms with E-state index in [1.54, 1.807) is 6.07 Å². The second kappa shape index (κ2) is 5.21. The van der Waals surface area contributed by atoms with Gasteiger partial charge in [-0.2, -0.15) is 4.31 Å². The summed E-state index contributed by atoms with van der Waals surface area (Å²) in [5, 5.41) is 0. The Morgan fingerprint density at radius 2 is 2.28 bits per heavy atom. The fourth-order valence-corrected chi connectivity index (χ4v) is 3.46. The molecular weight excluding hydrogens is 252 g/mol. The number of sulfonamides is 1. The Balaban J connectivity index is 2.32. The quantitative estimate of drug-likeness (QED) is 0.589. The molecule has 1 saturated carbocycles. The van der Waals surface area contributed by atoms with Crippen molar-refractivity contribution in [3.63, 3.8) is 0 Å². The number of rotatable bonds is 6. The molecule has 1 fully saturated rings. The molecule has 1 heterocycles. The van der Waals surface area contributed by atoms with Gasteiger partial charge in [-0.15, -0.1) is 0 Å². The molecule has 1 aromatic rings. The molecule has 0 saturated heterocycles. The minimum Gasteiger partial charge on any atom is -0.307 e. The van der Waals surface area contributed by atoms with E-state index in [2.05, 4.69) is 10.4 Å². The predicted octanol–water partition coefficient (Wildman–Crippen LogP) is 0.788. The third-order valence-electron chi connectivity index (χ3n) is 3.04. The number of hydrogen-bond acceptors (Lipinski definition) is 5. The summed E-state index contributed by atoms with van der Waals surface area (Å²) in [6.45, 7) is 2.88. The Morgan fingerprint density at radius 3 is 2.83 bits per heavy atom. The number of anilines is 1. The molecule has 6 nitrogen and oxygen atoms in total. The molecule has 1 aliphatic rings. The van der Waals surface area contributed by atoms with Crippen LogP contribution in [0.25, 0.3) is 0 Å². The van der Waals surface area contributed by atoms with Gasteiger partial charge in [0, 0.05) is 19.3 Å². The molecule has 2 rings (SSSR count). The van der Waals surface area contributed by atoms with Gasteiger partial charge in [-0.05, 0) is 30.9 Å². The van der Waals surface area contributed by atoms with Crippen molar-refractivity contribution in [2.24, 2.45) is 11.8 Å². The number of nitrogens with two attached hydrogens (primary N) is 1. The highest BCUT2D eigenvalue weighted by Crippen LogP contribution is 2.32. The smallest absolute Gasteiger partial charge is 0.246 e. The second-order valence-corrected chi connectivity index (χ2v) is 6.30. The first-order valence-corrected chi connectivity index (χ1v) is 7.45. The zero-order valence-electron chi connectivity index (χ0n) is 10.3. The molecule has 0 radical (unpaired) electrons. The summed E-state index contributed by atoms with van der Waals surface area (Å²) < 4.78 is 26.5. The maximum Gasteiger partial charge on any atom is 0.246 e. The van der Waals surface area contributed by atoms with Crippen LogP contribution < -0.4 is 11.3 Å². The average Bonchev–Trinajstić information content (AvgIpc) is 3.19. The zero-order valence-corrected chi connectivity index (χ0v) is 11.2. The fourth-order valence-electron chi connectivity index (χ4n) is 1.83. The Kier molecular flexibility index (Phi) is 3.84. The van der Waals surface area contributed by atoms with Crippen LogP contribution in [0, 0.1) is 5.92 Å². The van der Waals surface area contributed by atoms with E-state index in [-0.39, 0.29) is 10.7 Å². The van der Waals surface area contributed by atoms with Gasteiger partial charge in [0.15, 0.2) is 5.82 Å². The Hall–Kier alpha value is -1.18. The second-order valence-electron chi connectivity index (χ2n) is 4.39. The van der Waals surface area contributed by atoms with Crippen LogP contribution in [0.2, 0.25) is 0 Å². The normalized spacial score (nSPS) is 15.9. The van der Waals surface area contributed by atoms with Gasteiger partial charge in [0.05, 0.1) is 0 Å². The first kappa shape index (κ1) is 13.3. The first-order chi connectivity index (χ1) is 8.59. The lowest BCUT2D eigenvalue weighted by atomic mass is 10.4. The van der Waals surface area contributed by atoms with Crippen molar-refractivity contribution < 1.29 is 8.42 Å². The summed E-state index contributed by atoms with van der Waals surface area (Å²) in [7, 11) is -3.52. The summed E-state index contributed by atoms with van der Waals surface area (Å²) in [5.74, 6) is 6.00. The number of pyridine rings is 1. The molecule has 0 atom stereocenters. The molecule has 3 N–H and O–H groups in total. The molecule has 0 aliphatic heterocycles. The summed E-state index contributed by atoms with van der Waals surface area (Å²) >= 11 is 0. The highest BCUT2D eigenvalue weighted by atomic mass is 32.2. The van der Waals surface area contributed by atoms with Gasteiger partial charge in [0.2, 0.25) is 10.0 Å². The van der Waals surface area contributed by atoms with Crippen LogP contribution in [0.5, 0.6) is 0 Å². The van der Waals surface area contributed by atoms with Gasteiger partial charge in [0.1, 0.15) is 4.90 Å². The van der Waals surface area contributed by atoms with Crippen molar-refractivity contribution in [1.82, 2.24) is 9.29 Å². The minimum absolute atomic E-state index is 0.134. The predicted molar refractivity (Wildman–Crippen MR) is 69.2 cm³/mol. The summed E-state index contributed by atoms with van der Waals surface area (Å²) in [5.41, 5.74) is 2.33. The SMILES string of the molecule is CCN(CC1CC1)S(=O)(=O)c1cccnc1NN. The van der Waals surface area contributed by atoms with Gasteiger partial charge < -0.3 is 5.43 Å². The van der Waals surface area contributed by atoms with E-state index >= 15 is 0 Å². The van der Waals surface area contributed by atoms with Crippen molar-refractivity contribution in [1.29, 1.82) is 0 Å². The largest absolute Gasteiger partial charge is 0.307 e. The average molecular weight is 270 g/mol. The van der Waals surface area contributed by atoms with Crippen LogP contribution in [0.3, 0.4) is 0 Å². The van der Waals surface area contributed by atoms with Gasteiger partial charge in [-0.1, -0.05) is 6.92 Å². The van der Waals surface area contributed by atoms with Crippen molar-refractivity contribution in [3.05, 3.63) is 18.3 Å². The number of aromatic nitrogens is 1. The number of hydrogen-bond donors (Lipinski definition) is 2. The van der Waals surface area contributed by atoms with Gasteiger partial charge >= 0.3 is 0 Å². The molecule has 100 valence electrons. The molecule has 18 heavy (non-hydrogen) atoms. The molecular formula is C11H18N4O2S. The maximum atomic E-state index is 12.5. The lowest BCUT2D eigenvalue weighted by Gasteiger charge is -2.21. The van der Waals surface area contributed by atoms with Crippen molar-refractivity contribution in [3.8, 4) is 0 Å². The van der Waals surface area contributed by atoms with Crippen molar-refractivity contribution in [2.75, 3.05) is 18.5 Å². The third kappa shape index (κ3) is 2.63. The topological polar surface area (TPSA) is 88.3 Å². The lowest BCUT2D eigenvalue weighted by Crippen LogP contribution is -2.33. The monoisotopic (exact) mass is 270 g/mol. The van der Waals surface area contributed by atoms with Crippen LogP contribution in [-0.4, -0.2) is 30.8 Å². The summed E-state index contributed by atoms with van der Waals surface area (Å²) in [6, 6.07) is 3.12. The molecule has 0 bridgehead atoms. The van der Waals surface area contributed by atoms with Crippen LogP contribution in [0.1, 0.15) is 19.8 Å². The molecule has 0 unspecified atom stereocenters. The molecule has 1 aromatic heterocycles. The summed E-state index contributed by atoms with van der Waals surface area (Å²) in [6.07, 6.45) is 3.73. The van der Waals surface area contributed by atoms with E-state index in [0.717, 1.165) is 12.8 Å². The highest BCUT2D eigenvalue weighted by molar-refractivity contribution is 7.89. The van der Waals surface area contributed by atoms with E-state index in [9.17, 15) is 8.42 Å². The number of hydrazine groups is 1. The van der Waals surface area contributed by atoms with Crippen LogP contribution in [-0.2, 0) is 10.0 Å². The molecule has 0 spiro atoms. The number of nitrogens with one attached hydrogen (secondary N) is 1. The number of nitrogen functional groups attached to an aromatic ring is 1. The van der Waals surface area contributed by atoms with E-state index in [4.69, 9.17) is 5.84 Å². The summed E-state index contributed by atoms with van der Waals surface area (Å²) in [4.78, 5) is 4.07. The Labute approximate surface area is 107 Å². The standard InChI is InChI=1S/C11H18N4O2S/c1-2-15(8-9-5-6-9)18(16,17)10-4-3-7-13-11(10)14-12/h3-4,7,9H,2,5-6,8,12H2,1H3,(H,13,14). The molecule has 0 aromatic carbocycles. The number of nitrogens with zero attached hydrogens (tertiary/aromatic N) is 2. The fraction of sp³-hybridized carbons (Fsp3) is 0.545. The van der Waals surface area contributed by atoms with Crippen molar-refractivity contribution >= 4 is 15.8 Å². The molecule has 0 amide bonds. The third-order valence-corrected chi connectivity index (χ3v) is 5.01. The van der Waals surface area contributed by atoms with Crippen LogP contribution >= 0.6 is 0 Å². The van der Waals surface area contributed by atoms with Gasteiger partial charge in [0.25, 0.3) is 0 Å². The van der Waals surface area contributed by atoms with Crippen molar-refractivity contribution in [2.45, 2.75) is 24.7 Å². The highest BCUT2D eigenvalue weighted by Gasteiger charge is 2.32. The van der Waals surface area contributed by atoms with Gasteiger partial charge in [-0.25, -0.2) is 19.2 Å². The van der Waals surface area contributed by atoms with E-state index in [1.807, 2.05) is 6.92 Å². The molecule has 1 aliphatic carbocycles. The van der Waals surface area contributed by atoms with E-state index < -0.39 is 10.0 Å². The van der Waals surface area contributed by atoms with Crippen LogP contribution in [0.15, 0.2) is 23.2 Å². The minimum atomic E-state index is -3.52. The first-order valence-electron chi connectivity index (χ1n) is 6.01. The Bertz CT molecular complexity index is 514. The van der Waals surface area contributed by atoms with Gasteiger partial charge in [-0.3, -0.25) is 0 Å². The molecule has 7 heteroatoms. The zero-order chi connectivity index (χ0) is 13.2. The van der Waals surface area contributed by atoms with Crippen LogP contribution in [0.4, 0.5) is 5.82 Å². The van der Waals surface area contributed by atoms with E-state index in [1.165, 1.54) is 16.6 Å². The maximum absolute atomic E-state index is 12.5.